The standard InChI is InChI=1S/C41H48N6O6/c1-41(2,3)52-33-18-19-47-35(33)34-36(53-47)40(51)43-24-28(20-25-12-6-4-7-13-25)44-37(48)31(21-26-14-8-5-9-15-26)45-38(49)32(46-39(34)50)22-27-23-42-30-17-11-10-16-29(27)30/h4-17,23,28,31-36,42H,18-22,24H2,1-3H3,(H,43,51)(H,44,48)(H,45,49)(H,46,50)/t28-,31+,32+,33+,34+,35+,36-/m1/s1. The summed E-state index contributed by atoms with van der Waals surface area (Å²) in [5.41, 5.74) is 3.03. The van der Waals surface area contributed by atoms with Gasteiger partial charge in [0.1, 0.15) is 12.1 Å². The van der Waals surface area contributed by atoms with Gasteiger partial charge in [-0.25, -0.2) is 0 Å². The molecule has 3 saturated heterocycles. The first-order valence-corrected chi connectivity index (χ1v) is 18.5. The molecule has 4 heterocycles. The largest absolute Gasteiger partial charge is 0.371 e. The van der Waals surface area contributed by atoms with Crippen LogP contribution in [0.1, 0.15) is 43.9 Å². The Morgan fingerprint density at radius 3 is 2.08 bits per heavy atom. The number of hydrogen-bond acceptors (Lipinski definition) is 7. The molecule has 12 nitrogen and oxygen atoms in total. The number of benzene rings is 3. The summed E-state index contributed by atoms with van der Waals surface area (Å²) in [7, 11) is 0. The highest BCUT2D eigenvalue weighted by Gasteiger charge is 2.57. The van der Waals surface area contributed by atoms with Crippen LogP contribution >= 0.6 is 0 Å². The van der Waals surface area contributed by atoms with Gasteiger partial charge in [0, 0.05) is 43.0 Å². The summed E-state index contributed by atoms with van der Waals surface area (Å²) in [4.78, 5) is 66.9. The molecule has 1 aromatic heterocycles. The topological polar surface area (TPSA) is 154 Å². The van der Waals surface area contributed by atoms with Crippen LogP contribution in [-0.4, -0.2) is 88.7 Å². The molecule has 0 saturated carbocycles. The van der Waals surface area contributed by atoms with Gasteiger partial charge in [0.15, 0.2) is 6.10 Å². The summed E-state index contributed by atoms with van der Waals surface area (Å²) < 4.78 is 6.44. The molecule has 7 atom stereocenters. The Morgan fingerprint density at radius 2 is 1.36 bits per heavy atom. The lowest BCUT2D eigenvalue weighted by Gasteiger charge is -2.32. The highest BCUT2D eigenvalue weighted by molar-refractivity contribution is 5.96. The third-order valence-corrected chi connectivity index (χ3v) is 10.2. The number of amides is 4. The predicted octanol–water partition coefficient (Wildman–Crippen LogP) is 2.97. The minimum Gasteiger partial charge on any atom is -0.371 e. The van der Waals surface area contributed by atoms with Gasteiger partial charge in [-0.2, -0.15) is 5.06 Å². The van der Waals surface area contributed by atoms with Crippen molar-refractivity contribution in [3.63, 3.8) is 0 Å². The Kier molecular flexibility index (Phi) is 10.6. The number of H-pyrrole nitrogens is 1. The number of ether oxygens (including phenoxy) is 1. The SMILES string of the molecule is CC(C)(C)O[C@H]1CCN2O[C@H]3C(=O)NC[C@@H](Cc4ccccc4)NC(=O)[C@H](Cc4ccccc4)NC(=O)[C@H](Cc4c[nH]c5ccccc45)NC(=O)[C@H]3[C@H]12. The lowest BCUT2D eigenvalue weighted by Crippen LogP contribution is -2.60. The van der Waals surface area contributed by atoms with Crippen LogP contribution < -0.4 is 21.3 Å². The Bertz CT molecular complexity index is 1930. The monoisotopic (exact) mass is 720 g/mol. The predicted molar refractivity (Wildman–Crippen MR) is 199 cm³/mol. The molecule has 3 aromatic carbocycles. The number of carbonyl (C=O) groups is 4. The number of nitrogens with one attached hydrogen (secondary N) is 5. The Labute approximate surface area is 309 Å². The first-order chi connectivity index (χ1) is 25.5. The summed E-state index contributed by atoms with van der Waals surface area (Å²) in [6.07, 6.45) is 1.67. The number of aromatic amines is 1. The van der Waals surface area contributed by atoms with Gasteiger partial charge < -0.3 is 31.0 Å². The Morgan fingerprint density at radius 1 is 0.736 bits per heavy atom. The van der Waals surface area contributed by atoms with Crippen molar-refractivity contribution >= 4 is 34.5 Å². The lowest BCUT2D eigenvalue weighted by molar-refractivity contribution is -0.171. The van der Waals surface area contributed by atoms with Gasteiger partial charge in [0.2, 0.25) is 17.7 Å². The average Bonchev–Trinajstić information content (AvgIpc) is 3.84. The molecule has 12 heteroatoms. The number of carbonyl (C=O) groups excluding carboxylic acids is 4. The smallest absolute Gasteiger partial charge is 0.252 e. The number of nitrogens with zero attached hydrogens (tertiary/aromatic N) is 1. The highest BCUT2D eigenvalue weighted by Crippen LogP contribution is 2.39. The number of hydrogen-bond donors (Lipinski definition) is 5. The highest BCUT2D eigenvalue weighted by atomic mass is 16.7. The summed E-state index contributed by atoms with van der Waals surface area (Å²) in [6, 6.07) is 23.7. The van der Waals surface area contributed by atoms with Crippen LogP contribution in [0.4, 0.5) is 0 Å². The van der Waals surface area contributed by atoms with Crippen LogP contribution in [0, 0.1) is 5.92 Å². The van der Waals surface area contributed by atoms with Crippen LogP contribution in [0.15, 0.2) is 91.1 Å². The van der Waals surface area contributed by atoms with Crippen molar-refractivity contribution in [2.75, 3.05) is 13.1 Å². The van der Waals surface area contributed by atoms with Crippen LogP contribution in [-0.2, 0) is 48.0 Å². The van der Waals surface area contributed by atoms with Gasteiger partial charge in [-0.15, -0.1) is 0 Å². The lowest BCUT2D eigenvalue weighted by atomic mass is 9.89. The van der Waals surface area contributed by atoms with E-state index in [1.807, 2.05) is 112 Å². The second kappa shape index (κ2) is 15.5. The molecule has 0 aliphatic carbocycles. The molecule has 7 rings (SSSR count). The van der Waals surface area contributed by atoms with Gasteiger partial charge in [-0.3, -0.25) is 24.0 Å². The number of hydroxylamine groups is 2. The number of rotatable bonds is 7. The van der Waals surface area contributed by atoms with Crippen LogP contribution in [0.5, 0.6) is 0 Å². The molecule has 3 aliphatic heterocycles. The van der Waals surface area contributed by atoms with Crippen molar-refractivity contribution in [2.24, 2.45) is 5.92 Å². The second-order valence-corrected chi connectivity index (χ2v) is 15.3. The zero-order valence-corrected chi connectivity index (χ0v) is 30.3. The molecule has 53 heavy (non-hydrogen) atoms. The van der Waals surface area contributed by atoms with E-state index in [1.165, 1.54) is 0 Å². The molecular weight excluding hydrogens is 672 g/mol. The molecule has 3 aliphatic rings. The fraction of sp³-hybridized carbons (Fsp3) is 0.415. The molecule has 4 aromatic rings. The van der Waals surface area contributed by atoms with Crippen molar-refractivity contribution in [2.45, 2.75) is 88.4 Å². The first kappa shape index (κ1) is 36.3. The molecule has 0 spiro atoms. The second-order valence-electron chi connectivity index (χ2n) is 15.3. The minimum absolute atomic E-state index is 0.0788. The van der Waals surface area contributed by atoms with Crippen molar-refractivity contribution in [3.8, 4) is 0 Å². The summed E-state index contributed by atoms with van der Waals surface area (Å²) in [5, 5.41) is 14.7. The van der Waals surface area contributed by atoms with E-state index in [-0.39, 0.29) is 25.5 Å². The normalized spacial score (nSPS) is 27.3. The first-order valence-electron chi connectivity index (χ1n) is 18.5. The summed E-state index contributed by atoms with van der Waals surface area (Å²) >= 11 is 0. The van der Waals surface area contributed by atoms with E-state index in [0.717, 1.165) is 27.6 Å². The summed E-state index contributed by atoms with van der Waals surface area (Å²) in [6.45, 7) is 6.43. The minimum atomic E-state index is -1.18. The van der Waals surface area contributed by atoms with Crippen LogP contribution in [0.3, 0.4) is 0 Å². The molecule has 0 radical (unpaired) electrons. The molecule has 4 amide bonds. The van der Waals surface area contributed by atoms with E-state index in [1.54, 1.807) is 5.06 Å². The van der Waals surface area contributed by atoms with Crippen molar-refractivity contribution in [1.82, 2.24) is 31.3 Å². The van der Waals surface area contributed by atoms with Crippen molar-refractivity contribution in [1.29, 1.82) is 0 Å². The third kappa shape index (κ3) is 8.45. The Balaban J connectivity index is 1.26. The van der Waals surface area contributed by atoms with E-state index < -0.39 is 65.4 Å². The zero-order chi connectivity index (χ0) is 37.1. The molecule has 0 unspecified atom stereocenters. The maximum Gasteiger partial charge on any atom is 0.252 e. The van der Waals surface area contributed by atoms with Gasteiger partial charge in [-0.1, -0.05) is 78.9 Å². The molecular formula is C41H48N6O6. The number of aromatic nitrogens is 1. The quantitative estimate of drug-likeness (QED) is 0.197. The van der Waals surface area contributed by atoms with Gasteiger partial charge in [0.05, 0.1) is 29.7 Å². The maximum atomic E-state index is 14.6. The van der Waals surface area contributed by atoms with E-state index in [9.17, 15) is 19.2 Å². The summed E-state index contributed by atoms with van der Waals surface area (Å²) in [5.74, 6) is -2.86. The average molecular weight is 721 g/mol. The van der Waals surface area contributed by atoms with E-state index in [2.05, 4.69) is 26.3 Å². The molecule has 278 valence electrons. The number of para-hydroxylation sites is 1. The molecule has 0 bridgehead atoms. The van der Waals surface area contributed by atoms with Gasteiger partial charge in [0.25, 0.3) is 5.91 Å². The zero-order valence-electron chi connectivity index (χ0n) is 30.3. The fourth-order valence-corrected chi connectivity index (χ4v) is 7.80. The van der Waals surface area contributed by atoms with Gasteiger partial charge in [-0.05, 0) is 56.4 Å². The molecule has 3 fully saturated rings. The van der Waals surface area contributed by atoms with Crippen LogP contribution in [0.2, 0.25) is 0 Å². The third-order valence-electron chi connectivity index (χ3n) is 10.2. The van der Waals surface area contributed by atoms with Crippen LogP contribution in [0.25, 0.3) is 10.9 Å². The number of fused-ring (bicyclic) bond motifs is 4. The van der Waals surface area contributed by atoms with E-state index >= 15 is 0 Å². The van der Waals surface area contributed by atoms with E-state index in [0.29, 0.717) is 19.4 Å². The van der Waals surface area contributed by atoms with Crippen molar-refractivity contribution in [3.05, 3.63) is 108 Å². The van der Waals surface area contributed by atoms with Gasteiger partial charge >= 0.3 is 0 Å². The maximum absolute atomic E-state index is 14.6. The van der Waals surface area contributed by atoms with Crippen molar-refractivity contribution < 1.29 is 28.8 Å². The molecule has 5 N–H and O–H groups in total. The Hall–Kier alpha value is -5.04. The fourth-order valence-electron chi connectivity index (χ4n) is 7.80. The van der Waals surface area contributed by atoms with E-state index in [4.69, 9.17) is 9.57 Å².